The average molecular weight is 722 g/mol. The van der Waals surface area contributed by atoms with Crippen molar-refractivity contribution in [2.75, 3.05) is 83.4 Å². The van der Waals surface area contributed by atoms with Crippen molar-refractivity contribution < 1.29 is 35.7 Å². The van der Waals surface area contributed by atoms with E-state index in [2.05, 4.69) is 18.7 Å². The molecule has 3 saturated heterocycles. The van der Waals surface area contributed by atoms with Crippen LogP contribution in [0, 0.1) is 5.41 Å². The molecule has 4 aliphatic rings. The molecule has 276 valence electrons. The van der Waals surface area contributed by atoms with E-state index in [9.17, 15) is 13.5 Å². The maximum absolute atomic E-state index is 14.1. The molecule has 2 bridgehead atoms. The lowest BCUT2D eigenvalue weighted by molar-refractivity contribution is -0.941. The molecule has 2 aromatic carbocycles. The minimum Gasteiger partial charge on any atom is -0.748 e. The molecule has 49 heavy (non-hydrogen) atoms. The van der Waals surface area contributed by atoms with Crippen LogP contribution in [0.5, 0.6) is 5.75 Å². The summed E-state index contributed by atoms with van der Waals surface area (Å²) in [5, 5.41) is 12.4. The van der Waals surface area contributed by atoms with Gasteiger partial charge in [0.05, 0.1) is 59.7 Å². The number of hydrogen-bond donors (Lipinski definition) is 1. The molecule has 6 rings (SSSR count). The number of ether oxygens (including phenoxy) is 1. The molecule has 0 radical (unpaired) electrons. The molecule has 12 heteroatoms. The predicted octanol–water partition coefficient (Wildman–Crippen LogP) is 4.87. The minimum absolute atomic E-state index is 0.00850. The topological polar surface area (TPSA) is 127 Å². The van der Waals surface area contributed by atoms with Crippen molar-refractivity contribution in [3.05, 3.63) is 53.6 Å². The number of anilines is 1. The zero-order valence-electron chi connectivity index (χ0n) is 30.3. The number of rotatable bonds is 14. The number of benzene rings is 2. The lowest BCUT2D eigenvalue weighted by Gasteiger charge is -2.50. The van der Waals surface area contributed by atoms with Gasteiger partial charge in [-0.15, -0.1) is 0 Å². The summed E-state index contributed by atoms with van der Waals surface area (Å²) in [6.45, 7) is 13.9. The molecule has 0 spiro atoms. The number of unbranched alkanes of at least 4 members (excludes halogenated alkanes) is 3. The Labute approximate surface area is 295 Å². The fourth-order valence-corrected chi connectivity index (χ4v) is 10.2. The predicted molar refractivity (Wildman–Crippen MR) is 195 cm³/mol. The van der Waals surface area contributed by atoms with E-state index in [-0.39, 0.29) is 5.75 Å². The molecule has 0 saturated carbocycles. The zero-order chi connectivity index (χ0) is 35.9. The second kappa shape index (κ2) is 16.9. The lowest BCUT2D eigenvalue weighted by atomic mass is 9.68. The number of sulfone groups is 1. The first-order chi connectivity index (χ1) is 23.1. The van der Waals surface area contributed by atoms with Gasteiger partial charge in [0.25, 0.3) is 0 Å². The third-order valence-electron chi connectivity index (χ3n) is 10.9. The third kappa shape index (κ3) is 10.4. The fraction of sp³-hybridized carbons (Fsp3) is 0.676. The molecule has 2 aromatic rings. The molecule has 3 fully saturated rings. The molecule has 10 nitrogen and oxygen atoms in total. The normalized spacial score (nSPS) is 25.4. The van der Waals surface area contributed by atoms with Gasteiger partial charge >= 0.3 is 0 Å². The van der Waals surface area contributed by atoms with Crippen LogP contribution in [0.1, 0.15) is 82.3 Å². The Kier molecular flexibility index (Phi) is 13.6. The number of fused-ring (bicyclic) bond motifs is 4. The molecular formula is C37H59N3O7S2. The van der Waals surface area contributed by atoms with E-state index >= 15 is 0 Å². The average Bonchev–Trinajstić information content (AvgIpc) is 3.13. The van der Waals surface area contributed by atoms with Crippen molar-refractivity contribution in [2.45, 2.75) is 82.1 Å². The molecule has 4 aliphatic heterocycles. The highest BCUT2D eigenvalue weighted by Gasteiger charge is 2.49. The fourth-order valence-electron chi connectivity index (χ4n) is 7.97. The van der Waals surface area contributed by atoms with E-state index in [0.717, 1.165) is 49.1 Å². The molecule has 4 heterocycles. The van der Waals surface area contributed by atoms with Gasteiger partial charge in [-0.25, -0.2) is 16.8 Å². The maximum atomic E-state index is 14.1. The quantitative estimate of drug-likeness (QED) is 0.165. The summed E-state index contributed by atoms with van der Waals surface area (Å²) < 4.78 is 62.8. The van der Waals surface area contributed by atoms with Crippen LogP contribution in [0.4, 0.5) is 5.69 Å². The van der Waals surface area contributed by atoms with Gasteiger partial charge in [-0.05, 0) is 67.1 Å². The van der Waals surface area contributed by atoms with Crippen molar-refractivity contribution in [1.82, 2.24) is 4.90 Å². The van der Waals surface area contributed by atoms with E-state index in [1.807, 2.05) is 55.4 Å². The Morgan fingerprint density at radius 2 is 1.53 bits per heavy atom. The summed E-state index contributed by atoms with van der Waals surface area (Å²) in [5.74, 6) is 0.378. The van der Waals surface area contributed by atoms with Crippen molar-refractivity contribution in [3.8, 4) is 5.75 Å². The van der Waals surface area contributed by atoms with Gasteiger partial charge in [0.15, 0.2) is 9.84 Å². The van der Waals surface area contributed by atoms with E-state index in [1.54, 1.807) is 6.07 Å². The van der Waals surface area contributed by atoms with Crippen LogP contribution in [0.15, 0.2) is 47.4 Å². The summed E-state index contributed by atoms with van der Waals surface area (Å²) in [7, 11) is -3.59. The van der Waals surface area contributed by atoms with Gasteiger partial charge in [-0.2, -0.15) is 0 Å². The van der Waals surface area contributed by atoms with Crippen molar-refractivity contribution in [2.24, 2.45) is 5.41 Å². The van der Waals surface area contributed by atoms with Crippen LogP contribution in [0.2, 0.25) is 0 Å². The van der Waals surface area contributed by atoms with Crippen LogP contribution in [-0.2, 0) is 20.0 Å². The van der Waals surface area contributed by atoms with E-state index in [4.69, 9.17) is 17.7 Å². The smallest absolute Gasteiger partial charge is 0.179 e. The van der Waals surface area contributed by atoms with Gasteiger partial charge in [0.1, 0.15) is 5.75 Å². The summed E-state index contributed by atoms with van der Waals surface area (Å²) in [6, 6.07) is 13.7. The number of piperazine rings is 3. The molecule has 1 N–H and O–H groups in total. The second-order valence-corrected chi connectivity index (χ2v) is 18.1. The largest absolute Gasteiger partial charge is 0.748 e. The van der Waals surface area contributed by atoms with Gasteiger partial charge < -0.3 is 23.8 Å². The highest BCUT2D eigenvalue weighted by atomic mass is 32.2. The van der Waals surface area contributed by atoms with Gasteiger partial charge in [-0.1, -0.05) is 51.7 Å². The standard InChI is InChI=1S/C36H56N3O4S.CH4O3S/c1-5-7-17-36(18-8-6-2)28-44(41,42)33-16-13-30(37(3)4)27-32(33)34(35(36)40)29-11-14-31(15-12-29)43-26-10-9-22-39-23-19-38(20-24-39)21-25-39;1-5(2,3)4/h11-16,27,34-35,40H,5-10,17-26,28H2,1-4H3;1H3,(H,2,3,4)/q+1;/p-1/t34?,35-;/m1./s1. The number of quaternary nitrogens is 1. The Morgan fingerprint density at radius 1 is 0.959 bits per heavy atom. The van der Waals surface area contributed by atoms with Crippen molar-refractivity contribution >= 4 is 25.6 Å². The summed E-state index contributed by atoms with van der Waals surface area (Å²) >= 11 is 0. The summed E-state index contributed by atoms with van der Waals surface area (Å²) in [5.41, 5.74) is 1.88. The first-order valence-electron chi connectivity index (χ1n) is 18.1. The summed E-state index contributed by atoms with van der Waals surface area (Å²) in [4.78, 5) is 4.95. The monoisotopic (exact) mass is 721 g/mol. The molecular weight excluding hydrogens is 663 g/mol. The third-order valence-corrected chi connectivity index (χ3v) is 12.9. The zero-order valence-corrected chi connectivity index (χ0v) is 31.9. The number of aliphatic hydroxyl groups excluding tert-OH is 1. The van der Waals surface area contributed by atoms with Crippen LogP contribution in [0.3, 0.4) is 0 Å². The van der Waals surface area contributed by atoms with Crippen LogP contribution in [0.25, 0.3) is 0 Å². The van der Waals surface area contributed by atoms with Crippen molar-refractivity contribution in [1.29, 1.82) is 0 Å². The highest BCUT2D eigenvalue weighted by Crippen LogP contribution is 2.50. The van der Waals surface area contributed by atoms with E-state index in [1.165, 1.54) is 56.7 Å². The van der Waals surface area contributed by atoms with Crippen molar-refractivity contribution in [3.63, 3.8) is 0 Å². The molecule has 0 aliphatic carbocycles. The van der Waals surface area contributed by atoms with Crippen LogP contribution >= 0.6 is 0 Å². The van der Waals surface area contributed by atoms with Gasteiger partial charge in [0.2, 0.25) is 0 Å². The Bertz CT molecular complexity index is 1540. The van der Waals surface area contributed by atoms with E-state index in [0.29, 0.717) is 36.2 Å². The number of aliphatic hydroxyl groups is 1. The maximum Gasteiger partial charge on any atom is 0.179 e. The van der Waals surface area contributed by atoms with E-state index < -0.39 is 37.4 Å². The van der Waals surface area contributed by atoms with Crippen LogP contribution < -0.4 is 9.64 Å². The number of hydrogen-bond acceptors (Lipinski definition) is 9. The SMILES string of the molecule is CCCCC1(CCCC)CS(=O)(=O)c2ccc(N(C)C)cc2C(c2ccc(OCCCC[N+]34CCN(CC3)CC4)cc2)[C@H]1O.CS(=O)(=O)[O-]. The number of nitrogens with zero attached hydrogens (tertiary/aromatic N) is 3. The molecule has 0 amide bonds. The highest BCUT2D eigenvalue weighted by molar-refractivity contribution is 7.91. The Balaban J connectivity index is 0.00000101. The first-order valence-corrected chi connectivity index (χ1v) is 21.5. The molecule has 1 unspecified atom stereocenters. The lowest BCUT2D eigenvalue weighted by Crippen LogP contribution is -2.67. The molecule has 2 atom stereocenters. The second-order valence-electron chi connectivity index (χ2n) is 14.8. The van der Waals surface area contributed by atoms with Gasteiger partial charge in [0, 0.05) is 57.0 Å². The van der Waals surface area contributed by atoms with Crippen LogP contribution in [-0.4, -0.2) is 121 Å². The molecule has 0 aromatic heterocycles. The first kappa shape index (κ1) is 39.6. The Morgan fingerprint density at radius 3 is 2.06 bits per heavy atom. The Hall–Kier alpha value is -2.22. The van der Waals surface area contributed by atoms with Gasteiger partial charge in [-0.3, -0.25) is 4.90 Å². The summed E-state index contributed by atoms with van der Waals surface area (Å²) in [6.07, 6.45) is 7.15. The minimum atomic E-state index is -3.92.